The van der Waals surface area contributed by atoms with E-state index in [-0.39, 0.29) is 11.5 Å². The van der Waals surface area contributed by atoms with Gasteiger partial charge in [-0.1, -0.05) is 13.0 Å². The van der Waals surface area contributed by atoms with Gasteiger partial charge in [0, 0.05) is 18.3 Å². The zero-order chi connectivity index (χ0) is 13.7. The van der Waals surface area contributed by atoms with E-state index in [0.29, 0.717) is 27.9 Å². The van der Waals surface area contributed by atoms with Crippen molar-refractivity contribution in [2.75, 3.05) is 7.11 Å². The van der Waals surface area contributed by atoms with Gasteiger partial charge in [-0.3, -0.25) is 9.36 Å². The number of carbonyl (C=O) groups is 1. The van der Waals surface area contributed by atoms with Crippen LogP contribution in [0.4, 0.5) is 0 Å². The number of hydrogen-bond donors (Lipinski definition) is 0. The van der Waals surface area contributed by atoms with Crippen LogP contribution < -0.4 is 5.56 Å². The Hall–Kier alpha value is -1.18. The van der Waals surface area contributed by atoms with Crippen LogP contribution in [0.3, 0.4) is 0 Å². The average Bonchev–Trinajstić information content (AvgIpc) is 2.37. The highest BCUT2D eigenvalue weighted by molar-refractivity contribution is 14.1. The molecule has 1 heterocycles. The quantitative estimate of drug-likeness (QED) is 0.465. The summed E-state index contributed by atoms with van der Waals surface area (Å²) in [5, 5.41) is 0. The summed E-state index contributed by atoms with van der Waals surface area (Å²) in [7, 11) is 1.34. The van der Waals surface area contributed by atoms with Crippen molar-refractivity contribution in [1.82, 2.24) is 9.55 Å². The molecule has 6 heteroatoms. The summed E-state index contributed by atoms with van der Waals surface area (Å²) in [5.41, 5.74) is 0.460. The van der Waals surface area contributed by atoms with Gasteiger partial charge in [-0.2, -0.15) is 0 Å². The predicted molar refractivity (Wildman–Crippen MR) is 76.3 cm³/mol. The van der Waals surface area contributed by atoms with Crippen LogP contribution in [0.5, 0.6) is 0 Å². The molecule has 0 aliphatic carbocycles. The van der Waals surface area contributed by atoms with Gasteiger partial charge in [0.2, 0.25) is 0 Å². The smallest absolute Gasteiger partial charge is 0.333 e. The molecule has 0 N–H and O–H groups in total. The Bertz CT molecular complexity index is 535. The summed E-state index contributed by atoms with van der Waals surface area (Å²) in [4.78, 5) is 27.4. The molecule has 1 rings (SSSR count). The molecule has 18 heavy (non-hydrogen) atoms. The van der Waals surface area contributed by atoms with Crippen LogP contribution >= 0.6 is 22.6 Å². The molecule has 5 nitrogen and oxygen atoms in total. The van der Waals surface area contributed by atoms with Gasteiger partial charge < -0.3 is 4.74 Å². The SMILES string of the molecule is CCC(=CCn1c(C)ncc(I)c1=O)C(=O)OC. The van der Waals surface area contributed by atoms with E-state index in [4.69, 9.17) is 0 Å². The fourth-order valence-corrected chi connectivity index (χ4v) is 1.90. The Balaban J connectivity index is 3.05. The molecule has 0 amide bonds. The molecular weight excluding hydrogens is 347 g/mol. The van der Waals surface area contributed by atoms with Gasteiger partial charge in [-0.15, -0.1) is 0 Å². The highest BCUT2D eigenvalue weighted by atomic mass is 127. The molecule has 0 bridgehead atoms. The van der Waals surface area contributed by atoms with Crippen LogP contribution in [0.1, 0.15) is 19.2 Å². The number of allylic oxidation sites excluding steroid dienone is 1. The Kier molecular flexibility index (Phi) is 5.52. The van der Waals surface area contributed by atoms with E-state index >= 15 is 0 Å². The van der Waals surface area contributed by atoms with Crippen LogP contribution in [0.15, 0.2) is 22.6 Å². The first-order chi connectivity index (χ1) is 8.51. The van der Waals surface area contributed by atoms with Crippen molar-refractivity contribution >= 4 is 28.6 Å². The second kappa shape index (κ2) is 6.67. The molecule has 0 unspecified atom stereocenters. The number of halogens is 1. The first-order valence-electron chi connectivity index (χ1n) is 5.50. The number of aromatic nitrogens is 2. The third-order valence-corrected chi connectivity index (χ3v) is 3.29. The van der Waals surface area contributed by atoms with Crippen molar-refractivity contribution in [1.29, 1.82) is 0 Å². The Morgan fingerprint density at radius 3 is 2.83 bits per heavy atom. The lowest BCUT2D eigenvalue weighted by atomic mass is 10.2. The fraction of sp³-hybridized carbons (Fsp3) is 0.417. The second-order valence-corrected chi connectivity index (χ2v) is 4.81. The molecule has 0 saturated carbocycles. The highest BCUT2D eigenvalue weighted by Crippen LogP contribution is 2.04. The first-order valence-corrected chi connectivity index (χ1v) is 6.58. The maximum absolute atomic E-state index is 11.9. The van der Waals surface area contributed by atoms with Crippen LogP contribution in [0.25, 0.3) is 0 Å². The van der Waals surface area contributed by atoms with Gasteiger partial charge in [0.1, 0.15) is 5.82 Å². The standard InChI is InChI=1S/C12H15IN2O3/c1-4-9(12(17)18-3)5-6-15-8(2)14-7-10(13)11(15)16/h5,7H,4,6H2,1-3H3. The molecule has 0 fully saturated rings. The molecule has 0 aromatic carbocycles. The average molecular weight is 362 g/mol. The Labute approximate surface area is 119 Å². The molecule has 0 radical (unpaired) electrons. The maximum atomic E-state index is 11.9. The van der Waals surface area contributed by atoms with Gasteiger partial charge in [-0.05, 0) is 35.9 Å². The maximum Gasteiger partial charge on any atom is 0.333 e. The van der Waals surface area contributed by atoms with Crippen molar-refractivity contribution < 1.29 is 9.53 Å². The summed E-state index contributed by atoms with van der Waals surface area (Å²) < 4.78 is 6.75. The molecule has 1 aromatic heterocycles. The zero-order valence-electron chi connectivity index (χ0n) is 10.6. The lowest BCUT2D eigenvalue weighted by molar-refractivity contribution is -0.136. The summed E-state index contributed by atoms with van der Waals surface area (Å²) >= 11 is 1.95. The lowest BCUT2D eigenvalue weighted by Gasteiger charge is -2.08. The normalized spacial score (nSPS) is 11.4. The van der Waals surface area contributed by atoms with E-state index in [2.05, 4.69) is 9.72 Å². The number of hydrogen-bond acceptors (Lipinski definition) is 4. The van der Waals surface area contributed by atoms with Gasteiger partial charge in [0.15, 0.2) is 0 Å². The van der Waals surface area contributed by atoms with Gasteiger partial charge in [0.25, 0.3) is 5.56 Å². The zero-order valence-corrected chi connectivity index (χ0v) is 12.7. The van der Waals surface area contributed by atoms with Gasteiger partial charge >= 0.3 is 5.97 Å². The molecule has 0 atom stereocenters. The minimum absolute atomic E-state index is 0.0975. The van der Waals surface area contributed by atoms with Crippen molar-refractivity contribution in [3.63, 3.8) is 0 Å². The first kappa shape index (κ1) is 14.9. The molecule has 0 spiro atoms. The topological polar surface area (TPSA) is 61.2 Å². The summed E-state index contributed by atoms with van der Waals surface area (Å²) in [6.07, 6.45) is 3.81. The van der Waals surface area contributed by atoms with E-state index in [0.717, 1.165) is 0 Å². The van der Waals surface area contributed by atoms with Gasteiger partial charge in [0.05, 0.1) is 10.7 Å². The largest absolute Gasteiger partial charge is 0.466 e. The van der Waals surface area contributed by atoms with E-state index in [1.165, 1.54) is 11.7 Å². The number of aryl methyl sites for hydroxylation is 1. The number of rotatable bonds is 4. The lowest BCUT2D eigenvalue weighted by Crippen LogP contribution is -2.25. The summed E-state index contributed by atoms with van der Waals surface area (Å²) in [6, 6.07) is 0. The Morgan fingerprint density at radius 1 is 1.61 bits per heavy atom. The van der Waals surface area contributed by atoms with E-state index in [1.807, 2.05) is 29.5 Å². The molecule has 98 valence electrons. The predicted octanol–water partition coefficient (Wildman–Crippen LogP) is 1.67. The monoisotopic (exact) mass is 362 g/mol. The number of carbonyl (C=O) groups excluding carboxylic acids is 1. The number of nitrogens with zero attached hydrogens (tertiary/aromatic N) is 2. The minimum Gasteiger partial charge on any atom is -0.466 e. The minimum atomic E-state index is -0.359. The Morgan fingerprint density at radius 2 is 2.28 bits per heavy atom. The van der Waals surface area contributed by atoms with E-state index in [9.17, 15) is 9.59 Å². The van der Waals surface area contributed by atoms with E-state index < -0.39 is 0 Å². The van der Waals surface area contributed by atoms with Crippen molar-refractivity contribution in [3.8, 4) is 0 Å². The molecule has 0 saturated heterocycles. The molecule has 1 aromatic rings. The second-order valence-electron chi connectivity index (χ2n) is 3.64. The van der Waals surface area contributed by atoms with E-state index in [1.54, 1.807) is 19.2 Å². The third kappa shape index (κ3) is 3.41. The van der Waals surface area contributed by atoms with Crippen molar-refractivity contribution in [2.24, 2.45) is 0 Å². The molecule has 0 aliphatic rings. The van der Waals surface area contributed by atoms with Crippen LogP contribution in [0, 0.1) is 10.5 Å². The highest BCUT2D eigenvalue weighted by Gasteiger charge is 2.08. The van der Waals surface area contributed by atoms with Crippen LogP contribution in [-0.4, -0.2) is 22.6 Å². The molecular formula is C12H15IN2O3. The summed E-state index contributed by atoms with van der Waals surface area (Å²) in [5.74, 6) is 0.263. The summed E-state index contributed by atoms with van der Waals surface area (Å²) in [6.45, 7) is 3.95. The van der Waals surface area contributed by atoms with Crippen LogP contribution in [-0.2, 0) is 16.1 Å². The van der Waals surface area contributed by atoms with Crippen LogP contribution in [0.2, 0.25) is 0 Å². The number of esters is 1. The van der Waals surface area contributed by atoms with Crippen molar-refractivity contribution in [2.45, 2.75) is 26.8 Å². The van der Waals surface area contributed by atoms with Crippen molar-refractivity contribution in [3.05, 3.63) is 37.6 Å². The van der Waals surface area contributed by atoms with Gasteiger partial charge in [-0.25, -0.2) is 9.78 Å². The number of methoxy groups -OCH3 is 1. The molecule has 0 aliphatic heterocycles. The third-order valence-electron chi connectivity index (χ3n) is 2.55. The fourth-order valence-electron chi connectivity index (χ4n) is 1.47. The number of ether oxygens (including phenoxy) is 1.